The van der Waals surface area contributed by atoms with E-state index in [4.69, 9.17) is 0 Å². The van der Waals surface area contributed by atoms with Crippen LogP contribution in [0, 0.1) is 0 Å². The fraction of sp³-hybridized carbons (Fsp3) is 0.154. The molecule has 2 heterocycles. The molecule has 0 radical (unpaired) electrons. The Hall–Kier alpha value is -2.21. The van der Waals surface area contributed by atoms with Crippen molar-refractivity contribution in [2.45, 2.75) is 12.8 Å². The zero-order valence-electron chi connectivity index (χ0n) is 9.97. The molecular weight excluding hydrogens is 262 g/mol. The number of benzene rings is 1. The molecule has 0 fully saturated rings. The van der Waals surface area contributed by atoms with E-state index in [1.54, 1.807) is 17.0 Å². The number of nitrogens with zero attached hydrogens (tertiary/aromatic N) is 1. The first-order valence-corrected chi connectivity index (χ1v) is 6.79. The Morgan fingerprint density at radius 3 is 3.05 bits per heavy atom. The number of carbonyl (C=O) groups excluding carboxylic acids is 2. The lowest BCUT2D eigenvalue weighted by Crippen LogP contribution is -2.19. The number of aromatic nitrogens is 1. The molecule has 0 aliphatic carbocycles. The van der Waals surface area contributed by atoms with E-state index >= 15 is 0 Å². The van der Waals surface area contributed by atoms with Gasteiger partial charge in [-0.25, -0.2) is 4.98 Å². The van der Waals surface area contributed by atoms with Crippen LogP contribution in [-0.2, 0) is 11.2 Å². The first-order valence-electron chi connectivity index (χ1n) is 5.85. The van der Waals surface area contributed by atoms with Crippen LogP contribution in [-0.4, -0.2) is 16.8 Å². The van der Waals surface area contributed by atoms with E-state index in [2.05, 4.69) is 15.6 Å². The highest BCUT2D eigenvalue weighted by Crippen LogP contribution is 2.25. The van der Waals surface area contributed by atoms with Crippen LogP contribution in [0.25, 0.3) is 0 Å². The van der Waals surface area contributed by atoms with Crippen molar-refractivity contribution >= 4 is 34.5 Å². The van der Waals surface area contributed by atoms with Crippen molar-refractivity contribution in [1.29, 1.82) is 0 Å². The number of carbonyl (C=O) groups is 2. The summed E-state index contributed by atoms with van der Waals surface area (Å²) in [5.41, 5.74) is 4.61. The van der Waals surface area contributed by atoms with Gasteiger partial charge in [0.05, 0.1) is 5.51 Å². The summed E-state index contributed by atoms with van der Waals surface area (Å²) >= 11 is 1.38. The van der Waals surface area contributed by atoms with Crippen molar-refractivity contribution in [1.82, 2.24) is 4.98 Å². The smallest absolute Gasteiger partial charge is 0.275 e. The molecule has 2 amide bonds. The maximum Gasteiger partial charge on any atom is 0.275 e. The molecule has 0 atom stereocenters. The van der Waals surface area contributed by atoms with Crippen LogP contribution >= 0.6 is 11.3 Å². The molecule has 5 nitrogen and oxygen atoms in total. The number of nitrogens with one attached hydrogen (secondary N) is 2. The third-order valence-electron chi connectivity index (χ3n) is 2.92. The Bertz CT molecular complexity index is 637. The SMILES string of the molecule is O=C1CCc2cc(NC(=O)c3cscn3)ccc2N1. The molecule has 1 aliphatic heterocycles. The molecule has 1 aromatic heterocycles. The van der Waals surface area contributed by atoms with Crippen LogP contribution in [0.3, 0.4) is 0 Å². The van der Waals surface area contributed by atoms with Gasteiger partial charge in [0.2, 0.25) is 5.91 Å². The van der Waals surface area contributed by atoms with Crippen molar-refractivity contribution in [2.24, 2.45) is 0 Å². The van der Waals surface area contributed by atoms with Gasteiger partial charge in [-0.05, 0) is 30.2 Å². The normalized spacial score (nSPS) is 13.6. The summed E-state index contributed by atoms with van der Waals surface area (Å²) in [7, 11) is 0. The quantitative estimate of drug-likeness (QED) is 0.881. The first kappa shape index (κ1) is 11.9. The van der Waals surface area contributed by atoms with Crippen molar-refractivity contribution < 1.29 is 9.59 Å². The van der Waals surface area contributed by atoms with Crippen LogP contribution in [0.4, 0.5) is 11.4 Å². The van der Waals surface area contributed by atoms with Gasteiger partial charge in [-0.15, -0.1) is 11.3 Å². The lowest BCUT2D eigenvalue weighted by atomic mass is 10.0. The number of amides is 2. The fourth-order valence-electron chi connectivity index (χ4n) is 1.98. The second-order valence-electron chi connectivity index (χ2n) is 4.25. The molecule has 1 aromatic carbocycles. The minimum Gasteiger partial charge on any atom is -0.326 e. The van der Waals surface area contributed by atoms with Crippen LogP contribution in [0.15, 0.2) is 29.1 Å². The van der Waals surface area contributed by atoms with E-state index in [1.165, 1.54) is 11.3 Å². The lowest BCUT2D eigenvalue weighted by molar-refractivity contribution is -0.116. The molecule has 2 N–H and O–H groups in total. The Morgan fingerprint density at radius 2 is 2.26 bits per heavy atom. The molecule has 0 saturated heterocycles. The summed E-state index contributed by atoms with van der Waals surface area (Å²) < 4.78 is 0. The largest absolute Gasteiger partial charge is 0.326 e. The minimum atomic E-state index is -0.221. The maximum absolute atomic E-state index is 11.9. The molecule has 6 heteroatoms. The number of fused-ring (bicyclic) bond motifs is 1. The molecule has 0 saturated carbocycles. The zero-order valence-corrected chi connectivity index (χ0v) is 10.8. The van der Waals surface area contributed by atoms with Crippen LogP contribution in [0.1, 0.15) is 22.5 Å². The average molecular weight is 273 g/mol. The summed E-state index contributed by atoms with van der Waals surface area (Å²) in [5.74, 6) is -0.187. The Kier molecular flexibility index (Phi) is 3.00. The summed E-state index contributed by atoms with van der Waals surface area (Å²) in [6.07, 6.45) is 1.18. The predicted molar refractivity (Wildman–Crippen MR) is 73.5 cm³/mol. The number of hydrogen-bond acceptors (Lipinski definition) is 4. The third-order valence-corrected chi connectivity index (χ3v) is 3.51. The number of aryl methyl sites for hydroxylation is 1. The second-order valence-corrected chi connectivity index (χ2v) is 4.97. The van der Waals surface area contributed by atoms with Crippen LogP contribution in [0.5, 0.6) is 0 Å². The highest BCUT2D eigenvalue weighted by molar-refractivity contribution is 7.07. The van der Waals surface area contributed by atoms with Crippen molar-refractivity contribution in [3.63, 3.8) is 0 Å². The van der Waals surface area contributed by atoms with Crippen molar-refractivity contribution in [2.75, 3.05) is 10.6 Å². The van der Waals surface area contributed by atoms with Crippen molar-refractivity contribution in [3.05, 3.63) is 40.3 Å². The van der Waals surface area contributed by atoms with E-state index in [0.29, 0.717) is 24.2 Å². The molecule has 0 bridgehead atoms. The zero-order chi connectivity index (χ0) is 13.2. The molecule has 2 aromatic rings. The topological polar surface area (TPSA) is 71.1 Å². The predicted octanol–water partition coefficient (Wildman–Crippen LogP) is 2.28. The average Bonchev–Trinajstić information content (AvgIpc) is 2.93. The van der Waals surface area contributed by atoms with Gasteiger partial charge in [-0.3, -0.25) is 9.59 Å². The standard InChI is InChI=1S/C13H11N3O2S/c17-12-4-1-8-5-9(2-3-10(8)16-12)15-13(18)11-6-19-7-14-11/h2-3,5-7H,1,4H2,(H,15,18)(H,16,17). The van der Waals surface area contributed by atoms with E-state index in [-0.39, 0.29) is 11.8 Å². The Balaban J connectivity index is 1.79. The van der Waals surface area contributed by atoms with Gasteiger partial charge in [0.25, 0.3) is 5.91 Å². The Labute approximate surface area is 113 Å². The number of thiazole rings is 1. The van der Waals surface area contributed by atoms with Gasteiger partial charge in [-0.1, -0.05) is 0 Å². The summed E-state index contributed by atoms with van der Waals surface area (Å²) in [4.78, 5) is 27.1. The first-order chi connectivity index (χ1) is 9.22. The highest BCUT2D eigenvalue weighted by atomic mass is 32.1. The molecule has 3 rings (SSSR count). The van der Waals surface area contributed by atoms with Gasteiger partial charge in [0.15, 0.2) is 0 Å². The minimum absolute atomic E-state index is 0.0340. The molecule has 1 aliphatic rings. The van der Waals surface area contributed by atoms with Crippen LogP contribution < -0.4 is 10.6 Å². The molecule has 0 unspecified atom stereocenters. The fourth-order valence-corrected chi connectivity index (χ4v) is 2.51. The van der Waals surface area contributed by atoms with Crippen molar-refractivity contribution in [3.8, 4) is 0 Å². The maximum atomic E-state index is 11.9. The number of anilines is 2. The van der Waals surface area contributed by atoms with Crippen LogP contribution in [0.2, 0.25) is 0 Å². The molecule has 0 spiro atoms. The highest BCUT2D eigenvalue weighted by Gasteiger charge is 2.15. The third kappa shape index (κ3) is 2.48. The van der Waals surface area contributed by atoms with E-state index in [0.717, 1.165) is 11.3 Å². The van der Waals surface area contributed by atoms with E-state index in [1.807, 2.05) is 12.1 Å². The van der Waals surface area contributed by atoms with E-state index < -0.39 is 0 Å². The number of rotatable bonds is 2. The molecular formula is C13H11N3O2S. The lowest BCUT2D eigenvalue weighted by Gasteiger charge is -2.17. The van der Waals surface area contributed by atoms with Gasteiger partial charge >= 0.3 is 0 Å². The molecule has 19 heavy (non-hydrogen) atoms. The number of hydrogen-bond donors (Lipinski definition) is 2. The van der Waals surface area contributed by atoms with Gasteiger partial charge in [0.1, 0.15) is 5.69 Å². The second kappa shape index (κ2) is 4.81. The monoisotopic (exact) mass is 273 g/mol. The summed E-state index contributed by atoms with van der Waals surface area (Å²) in [6.45, 7) is 0. The van der Waals surface area contributed by atoms with Gasteiger partial charge < -0.3 is 10.6 Å². The van der Waals surface area contributed by atoms with Gasteiger partial charge in [-0.2, -0.15) is 0 Å². The Morgan fingerprint density at radius 1 is 1.37 bits per heavy atom. The molecule has 96 valence electrons. The summed E-state index contributed by atoms with van der Waals surface area (Å²) in [5, 5.41) is 7.31. The summed E-state index contributed by atoms with van der Waals surface area (Å²) in [6, 6.07) is 5.47. The van der Waals surface area contributed by atoms with Gasteiger partial charge in [0, 0.05) is 23.2 Å². The van der Waals surface area contributed by atoms with E-state index in [9.17, 15) is 9.59 Å².